The average molecular weight is 341 g/mol. The number of carbonyl (C=O) groups excluding carboxylic acids is 1. The first-order chi connectivity index (χ1) is 12.1. The normalized spacial score (nSPS) is 17.4. The first-order valence-electron chi connectivity index (χ1n) is 8.71. The number of carboxylic acid groups (broad SMARTS) is 1. The molecule has 6 nitrogen and oxygen atoms in total. The Kier molecular flexibility index (Phi) is 5.48. The van der Waals surface area contributed by atoms with Gasteiger partial charge >= 0.3 is 5.97 Å². The molecule has 1 aromatic carbocycles. The summed E-state index contributed by atoms with van der Waals surface area (Å²) in [6, 6.07) is 7.67. The zero-order valence-corrected chi connectivity index (χ0v) is 14.2. The molecule has 1 saturated heterocycles. The highest BCUT2D eigenvalue weighted by Gasteiger charge is 2.27. The molecule has 0 saturated carbocycles. The summed E-state index contributed by atoms with van der Waals surface area (Å²) in [6.07, 6.45) is 8.97. The number of nitrogens with zero attached hydrogens (tertiary/aromatic N) is 3. The van der Waals surface area contributed by atoms with E-state index in [2.05, 4.69) is 4.98 Å². The second-order valence-electron chi connectivity index (χ2n) is 6.51. The fraction of sp³-hybridized carbons (Fsp3) is 0.421. The number of carbonyl (C=O) groups is 2. The van der Waals surface area contributed by atoms with E-state index in [1.54, 1.807) is 12.5 Å². The van der Waals surface area contributed by atoms with Crippen LogP contribution in [0.3, 0.4) is 0 Å². The van der Waals surface area contributed by atoms with Crippen LogP contribution in [0.2, 0.25) is 0 Å². The Hall–Kier alpha value is -2.63. The fourth-order valence-electron chi connectivity index (χ4n) is 3.37. The molecule has 3 rings (SSSR count). The minimum absolute atomic E-state index is 0.00395. The standard InChI is InChI=1S/C19H23N3O3/c23-18(24)9-8-17-3-1-2-11-22(17)19(25)16-6-4-15(5-7-16)13-21-12-10-20-14-21/h4-7,10,12,14,17H,1-3,8-9,11,13H2,(H,23,24). The first-order valence-corrected chi connectivity index (χ1v) is 8.71. The maximum absolute atomic E-state index is 12.8. The van der Waals surface area contributed by atoms with Crippen LogP contribution in [0, 0.1) is 0 Å². The van der Waals surface area contributed by atoms with E-state index in [-0.39, 0.29) is 18.4 Å². The first kappa shape index (κ1) is 17.2. The average Bonchev–Trinajstić information content (AvgIpc) is 3.13. The lowest BCUT2D eigenvalue weighted by Gasteiger charge is -2.35. The van der Waals surface area contributed by atoms with Gasteiger partial charge < -0.3 is 14.6 Å². The number of benzene rings is 1. The monoisotopic (exact) mass is 341 g/mol. The van der Waals surface area contributed by atoms with Gasteiger partial charge in [0.15, 0.2) is 0 Å². The van der Waals surface area contributed by atoms with E-state index in [4.69, 9.17) is 5.11 Å². The molecule has 1 unspecified atom stereocenters. The molecule has 2 heterocycles. The summed E-state index contributed by atoms with van der Waals surface area (Å²) < 4.78 is 1.98. The molecule has 1 atom stereocenters. The van der Waals surface area contributed by atoms with Crippen LogP contribution in [0.4, 0.5) is 0 Å². The van der Waals surface area contributed by atoms with Crippen molar-refractivity contribution in [2.24, 2.45) is 0 Å². The zero-order chi connectivity index (χ0) is 17.6. The topological polar surface area (TPSA) is 75.4 Å². The molecule has 1 fully saturated rings. The Morgan fingerprint density at radius 1 is 1.20 bits per heavy atom. The third-order valence-electron chi connectivity index (χ3n) is 4.70. The largest absolute Gasteiger partial charge is 0.481 e. The minimum atomic E-state index is -0.804. The van der Waals surface area contributed by atoms with Crippen LogP contribution in [0.1, 0.15) is 48.0 Å². The number of imidazole rings is 1. The van der Waals surface area contributed by atoms with E-state index >= 15 is 0 Å². The number of amides is 1. The highest BCUT2D eigenvalue weighted by molar-refractivity contribution is 5.94. The third kappa shape index (κ3) is 4.47. The molecule has 1 aromatic heterocycles. The van der Waals surface area contributed by atoms with Crippen LogP contribution in [0.15, 0.2) is 43.0 Å². The summed E-state index contributed by atoms with van der Waals surface area (Å²) in [5.74, 6) is -0.800. The van der Waals surface area contributed by atoms with Gasteiger partial charge in [-0.2, -0.15) is 0 Å². The molecule has 0 spiro atoms. The summed E-state index contributed by atoms with van der Waals surface area (Å²) in [6.45, 7) is 1.43. The lowest BCUT2D eigenvalue weighted by Crippen LogP contribution is -2.44. The van der Waals surface area contributed by atoms with Gasteiger partial charge in [0.25, 0.3) is 5.91 Å². The van der Waals surface area contributed by atoms with Gasteiger partial charge in [-0.1, -0.05) is 12.1 Å². The third-order valence-corrected chi connectivity index (χ3v) is 4.70. The van der Waals surface area contributed by atoms with Crippen molar-refractivity contribution < 1.29 is 14.7 Å². The number of rotatable bonds is 6. The van der Waals surface area contributed by atoms with Gasteiger partial charge in [0.1, 0.15) is 0 Å². The maximum atomic E-state index is 12.8. The second-order valence-corrected chi connectivity index (χ2v) is 6.51. The van der Waals surface area contributed by atoms with Gasteiger partial charge in [0.2, 0.25) is 0 Å². The molecule has 1 N–H and O–H groups in total. The van der Waals surface area contributed by atoms with Crippen molar-refractivity contribution in [3.63, 3.8) is 0 Å². The lowest BCUT2D eigenvalue weighted by atomic mass is 9.96. The van der Waals surface area contributed by atoms with Gasteiger partial charge in [0.05, 0.1) is 6.33 Å². The predicted molar refractivity (Wildman–Crippen MR) is 93.3 cm³/mol. The Morgan fingerprint density at radius 2 is 2.00 bits per heavy atom. The lowest BCUT2D eigenvalue weighted by molar-refractivity contribution is -0.137. The van der Waals surface area contributed by atoms with Crippen molar-refractivity contribution in [3.05, 3.63) is 54.1 Å². The number of hydrogen-bond donors (Lipinski definition) is 1. The SMILES string of the molecule is O=C(O)CCC1CCCCN1C(=O)c1ccc(Cn2ccnc2)cc1. The Balaban J connectivity index is 1.66. The summed E-state index contributed by atoms with van der Waals surface area (Å²) >= 11 is 0. The van der Waals surface area contributed by atoms with Crippen molar-refractivity contribution >= 4 is 11.9 Å². The van der Waals surface area contributed by atoms with Gasteiger partial charge in [-0.3, -0.25) is 9.59 Å². The molecule has 6 heteroatoms. The van der Waals surface area contributed by atoms with Gasteiger partial charge in [-0.05, 0) is 43.4 Å². The number of hydrogen-bond acceptors (Lipinski definition) is 3. The van der Waals surface area contributed by atoms with E-state index in [1.807, 2.05) is 39.9 Å². The molecule has 2 aromatic rings. The molecular weight excluding hydrogens is 318 g/mol. The molecule has 1 aliphatic heterocycles. The van der Waals surface area contributed by atoms with Crippen molar-refractivity contribution in [1.82, 2.24) is 14.5 Å². The Labute approximate surface area is 147 Å². The van der Waals surface area contributed by atoms with E-state index < -0.39 is 5.97 Å². The number of piperidine rings is 1. The molecule has 25 heavy (non-hydrogen) atoms. The molecular formula is C19H23N3O3. The molecule has 1 amide bonds. The predicted octanol–water partition coefficient (Wildman–Crippen LogP) is 2.79. The molecule has 1 aliphatic rings. The maximum Gasteiger partial charge on any atom is 0.303 e. The quantitative estimate of drug-likeness (QED) is 0.876. The van der Waals surface area contributed by atoms with Crippen molar-refractivity contribution in [1.29, 1.82) is 0 Å². The fourth-order valence-corrected chi connectivity index (χ4v) is 3.37. The molecule has 0 radical (unpaired) electrons. The Bertz CT molecular complexity index is 710. The summed E-state index contributed by atoms with van der Waals surface area (Å²) in [4.78, 5) is 29.6. The number of likely N-dealkylation sites (tertiary alicyclic amines) is 1. The van der Waals surface area contributed by atoms with Crippen molar-refractivity contribution in [2.45, 2.75) is 44.7 Å². The summed E-state index contributed by atoms with van der Waals surface area (Å²) in [5.41, 5.74) is 1.77. The molecule has 132 valence electrons. The highest BCUT2D eigenvalue weighted by atomic mass is 16.4. The smallest absolute Gasteiger partial charge is 0.303 e. The zero-order valence-electron chi connectivity index (χ0n) is 14.2. The highest BCUT2D eigenvalue weighted by Crippen LogP contribution is 2.23. The summed E-state index contributed by atoms with van der Waals surface area (Å²) in [7, 11) is 0. The van der Waals surface area contributed by atoms with Crippen LogP contribution in [-0.4, -0.2) is 44.0 Å². The Morgan fingerprint density at radius 3 is 2.68 bits per heavy atom. The number of carboxylic acids is 1. The number of aromatic nitrogens is 2. The van der Waals surface area contributed by atoms with Gasteiger partial charge in [-0.25, -0.2) is 4.98 Å². The van der Waals surface area contributed by atoms with E-state index in [0.717, 1.165) is 31.4 Å². The van der Waals surface area contributed by atoms with Gasteiger partial charge in [-0.15, -0.1) is 0 Å². The van der Waals surface area contributed by atoms with E-state index in [1.165, 1.54) is 0 Å². The van der Waals surface area contributed by atoms with Crippen LogP contribution in [-0.2, 0) is 11.3 Å². The van der Waals surface area contributed by atoms with Crippen molar-refractivity contribution in [2.75, 3.05) is 6.54 Å². The van der Waals surface area contributed by atoms with E-state index in [0.29, 0.717) is 18.5 Å². The van der Waals surface area contributed by atoms with Crippen molar-refractivity contribution in [3.8, 4) is 0 Å². The van der Waals surface area contributed by atoms with Crippen LogP contribution < -0.4 is 0 Å². The van der Waals surface area contributed by atoms with E-state index in [9.17, 15) is 9.59 Å². The van der Waals surface area contributed by atoms with Gasteiger partial charge in [0, 0.05) is 43.5 Å². The van der Waals surface area contributed by atoms with Crippen LogP contribution in [0.25, 0.3) is 0 Å². The van der Waals surface area contributed by atoms with Crippen LogP contribution >= 0.6 is 0 Å². The summed E-state index contributed by atoms with van der Waals surface area (Å²) in [5, 5.41) is 8.91. The minimum Gasteiger partial charge on any atom is -0.481 e. The second kappa shape index (κ2) is 7.96. The molecule has 0 bridgehead atoms. The molecule has 0 aliphatic carbocycles. The van der Waals surface area contributed by atoms with Crippen LogP contribution in [0.5, 0.6) is 0 Å². The number of aliphatic carboxylic acids is 1.